The van der Waals surface area contributed by atoms with Crippen LogP contribution in [-0.2, 0) is 0 Å². The minimum Gasteiger partial charge on any atom is -0.370 e. The highest BCUT2D eigenvalue weighted by Crippen LogP contribution is 2.52. The molecular formula is C33H48N2. The van der Waals surface area contributed by atoms with Crippen LogP contribution < -0.4 is 5.73 Å². The van der Waals surface area contributed by atoms with Crippen LogP contribution in [0.1, 0.15) is 84.8 Å². The van der Waals surface area contributed by atoms with E-state index in [0.29, 0.717) is 0 Å². The van der Waals surface area contributed by atoms with Crippen molar-refractivity contribution in [2.45, 2.75) is 86.1 Å². The molecule has 2 N–H and O–H groups in total. The first kappa shape index (κ1) is 27.3. The van der Waals surface area contributed by atoms with E-state index in [9.17, 15) is 0 Å². The molecule has 190 valence electrons. The number of hydrogen-bond acceptors (Lipinski definition) is 2. The minimum absolute atomic E-state index is 0.000254. The van der Waals surface area contributed by atoms with Gasteiger partial charge in [0.1, 0.15) is 0 Å². The molecule has 2 nitrogen and oxygen atoms in total. The normalized spacial score (nSPS) is 25.4. The van der Waals surface area contributed by atoms with Gasteiger partial charge in [-0.2, -0.15) is 0 Å². The van der Waals surface area contributed by atoms with E-state index in [1.165, 1.54) is 33.5 Å². The largest absolute Gasteiger partial charge is 0.370 e. The van der Waals surface area contributed by atoms with E-state index >= 15 is 0 Å². The van der Waals surface area contributed by atoms with Gasteiger partial charge in [0.25, 0.3) is 0 Å². The number of benzene rings is 1. The van der Waals surface area contributed by atoms with Crippen molar-refractivity contribution in [3.8, 4) is 0 Å². The summed E-state index contributed by atoms with van der Waals surface area (Å²) >= 11 is 0. The third-order valence-corrected chi connectivity index (χ3v) is 8.44. The zero-order chi connectivity index (χ0) is 25.9. The van der Waals surface area contributed by atoms with Gasteiger partial charge in [-0.15, -0.1) is 0 Å². The molecule has 0 saturated heterocycles. The number of aryl methyl sites for hydroxylation is 1. The molecule has 0 saturated carbocycles. The monoisotopic (exact) mass is 472 g/mol. The molecule has 0 aromatic heterocycles. The summed E-state index contributed by atoms with van der Waals surface area (Å²) in [6.45, 7) is 22.3. The molecule has 2 heteroatoms. The van der Waals surface area contributed by atoms with Gasteiger partial charge >= 0.3 is 0 Å². The van der Waals surface area contributed by atoms with Crippen molar-refractivity contribution in [2.24, 2.45) is 16.6 Å². The molecule has 0 spiro atoms. The summed E-state index contributed by atoms with van der Waals surface area (Å²) in [5, 5.41) is 0. The Kier molecular flexibility index (Phi) is 8.37. The standard InChI is InChI=1S/C33H48N2/c1-9-13-28(12-4)33(20-10-2,21-11-3)26(6)35-23-19-30-31(7,24-35)22-18-29(32(30,8)34)27-16-14-25(5)15-17-27/h9,12-19H,6,10-11,20-24,34H2,1-5,7-8H3/b13-9-,28-12+. The topological polar surface area (TPSA) is 29.3 Å². The second-order valence-corrected chi connectivity index (χ2v) is 11.2. The van der Waals surface area contributed by atoms with Crippen LogP contribution in [0.3, 0.4) is 0 Å². The van der Waals surface area contributed by atoms with E-state index in [2.05, 4.69) is 108 Å². The summed E-state index contributed by atoms with van der Waals surface area (Å²) in [6, 6.07) is 8.81. The van der Waals surface area contributed by atoms with Gasteiger partial charge in [0.15, 0.2) is 0 Å². The van der Waals surface area contributed by atoms with E-state index in [4.69, 9.17) is 12.3 Å². The molecular weight excluding hydrogens is 424 g/mol. The fourth-order valence-electron chi connectivity index (χ4n) is 6.81. The van der Waals surface area contributed by atoms with E-state index in [-0.39, 0.29) is 10.8 Å². The van der Waals surface area contributed by atoms with Gasteiger partial charge in [-0.3, -0.25) is 0 Å². The molecule has 0 bridgehead atoms. The number of fused-ring (bicyclic) bond motifs is 1. The molecule has 2 atom stereocenters. The zero-order valence-corrected chi connectivity index (χ0v) is 23.4. The van der Waals surface area contributed by atoms with Gasteiger partial charge in [-0.05, 0) is 69.2 Å². The van der Waals surface area contributed by atoms with Crippen molar-refractivity contribution in [3.63, 3.8) is 0 Å². The fraction of sp³-hybridized carbons (Fsp3) is 0.515. The molecule has 1 aromatic rings. The lowest BCUT2D eigenvalue weighted by atomic mass is 9.61. The molecule has 1 aliphatic carbocycles. The summed E-state index contributed by atoms with van der Waals surface area (Å²) in [4.78, 5) is 2.56. The lowest BCUT2D eigenvalue weighted by molar-refractivity contribution is 0.167. The quantitative estimate of drug-likeness (QED) is 0.289. The highest BCUT2D eigenvalue weighted by molar-refractivity contribution is 5.78. The van der Waals surface area contributed by atoms with Crippen LogP contribution in [0.2, 0.25) is 0 Å². The van der Waals surface area contributed by atoms with Crippen molar-refractivity contribution in [3.05, 3.63) is 89.2 Å². The Morgan fingerprint density at radius 3 is 2.26 bits per heavy atom. The Balaban J connectivity index is 1.98. The smallest absolute Gasteiger partial charge is 0.0605 e. The Bertz CT molecular complexity index is 1030. The molecule has 1 aliphatic heterocycles. The molecule has 0 fully saturated rings. The summed E-state index contributed by atoms with van der Waals surface area (Å²) < 4.78 is 0. The maximum Gasteiger partial charge on any atom is 0.0605 e. The van der Waals surface area contributed by atoms with Crippen molar-refractivity contribution >= 4 is 5.57 Å². The third-order valence-electron chi connectivity index (χ3n) is 8.44. The van der Waals surface area contributed by atoms with Gasteiger partial charge in [-0.25, -0.2) is 0 Å². The predicted octanol–water partition coefficient (Wildman–Crippen LogP) is 8.37. The van der Waals surface area contributed by atoms with Crippen LogP contribution in [0, 0.1) is 17.8 Å². The first-order valence-corrected chi connectivity index (χ1v) is 13.6. The molecule has 2 unspecified atom stereocenters. The summed E-state index contributed by atoms with van der Waals surface area (Å²) in [5.41, 5.74) is 14.5. The number of rotatable bonds is 9. The Morgan fingerprint density at radius 1 is 1.09 bits per heavy atom. The number of nitrogens with zero attached hydrogens (tertiary/aromatic N) is 1. The van der Waals surface area contributed by atoms with Gasteiger partial charge in [-0.1, -0.05) is 100 Å². The van der Waals surface area contributed by atoms with E-state index in [1.54, 1.807) is 0 Å². The van der Waals surface area contributed by atoms with Crippen molar-refractivity contribution < 1.29 is 0 Å². The molecule has 2 aliphatic rings. The van der Waals surface area contributed by atoms with E-state index in [0.717, 1.165) is 45.2 Å². The van der Waals surface area contributed by atoms with Crippen LogP contribution >= 0.6 is 0 Å². The van der Waals surface area contributed by atoms with Gasteiger partial charge in [0.05, 0.1) is 5.54 Å². The van der Waals surface area contributed by atoms with Crippen LogP contribution in [0.5, 0.6) is 0 Å². The van der Waals surface area contributed by atoms with Crippen LogP contribution in [0.25, 0.3) is 5.57 Å². The number of allylic oxidation sites excluding steroid dienone is 5. The highest BCUT2D eigenvalue weighted by atomic mass is 15.2. The third kappa shape index (κ3) is 5.00. The van der Waals surface area contributed by atoms with E-state index < -0.39 is 5.54 Å². The SMILES string of the molecule is C=C(N1CC=C2C(C)(CC=C(c3ccc(C)cc3)C2(C)N)C1)C(CCC)(CCC)C(/C=C\C)=C/C. The maximum absolute atomic E-state index is 7.15. The van der Waals surface area contributed by atoms with Crippen LogP contribution in [0.4, 0.5) is 0 Å². The highest BCUT2D eigenvalue weighted by Gasteiger charge is 2.48. The molecule has 3 rings (SSSR count). The predicted molar refractivity (Wildman–Crippen MR) is 154 cm³/mol. The average molecular weight is 473 g/mol. The van der Waals surface area contributed by atoms with Crippen molar-refractivity contribution in [1.82, 2.24) is 4.90 Å². The fourth-order valence-corrected chi connectivity index (χ4v) is 6.81. The van der Waals surface area contributed by atoms with Crippen molar-refractivity contribution in [2.75, 3.05) is 13.1 Å². The number of nitrogens with two attached hydrogens (primary N) is 1. The molecule has 1 heterocycles. The molecule has 0 amide bonds. The lowest BCUT2D eigenvalue weighted by Crippen LogP contribution is -2.54. The molecule has 1 aromatic carbocycles. The van der Waals surface area contributed by atoms with E-state index in [1.807, 2.05) is 0 Å². The Labute approximate surface area is 215 Å². The van der Waals surface area contributed by atoms with Gasteiger partial charge in [0.2, 0.25) is 0 Å². The second kappa shape index (κ2) is 10.7. The lowest BCUT2D eigenvalue weighted by Gasteiger charge is -2.53. The summed E-state index contributed by atoms with van der Waals surface area (Å²) in [6.07, 6.45) is 17.1. The molecule has 0 radical (unpaired) electrons. The second-order valence-electron chi connectivity index (χ2n) is 11.2. The maximum atomic E-state index is 7.15. The number of hydrogen-bond donors (Lipinski definition) is 1. The Morgan fingerprint density at radius 2 is 1.71 bits per heavy atom. The van der Waals surface area contributed by atoms with Gasteiger partial charge < -0.3 is 10.6 Å². The van der Waals surface area contributed by atoms with Gasteiger partial charge in [0, 0.05) is 29.6 Å². The molecule has 35 heavy (non-hydrogen) atoms. The first-order chi connectivity index (χ1) is 16.6. The zero-order valence-electron chi connectivity index (χ0n) is 23.4. The van der Waals surface area contributed by atoms with Crippen LogP contribution in [-0.4, -0.2) is 23.5 Å². The Hall–Kier alpha value is -2.32. The first-order valence-electron chi connectivity index (χ1n) is 13.6. The summed E-state index contributed by atoms with van der Waals surface area (Å²) in [7, 11) is 0. The average Bonchev–Trinajstić information content (AvgIpc) is 2.82. The minimum atomic E-state index is -0.473. The van der Waals surface area contributed by atoms with Crippen LogP contribution in [0.15, 0.2) is 78.1 Å². The van der Waals surface area contributed by atoms with Crippen molar-refractivity contribution in [1.29, 1.82) is 0 Å². The summed E-state index contributed by atoms with van der Waals surface area (Å²) in [5.74, 6) is 0.